The van der Waals surface area contributed by atoms with Crippen LogP contribution in [0.15, 0.2) is 18.2 Å². The fraction of sp³-hybridized carbons (Fsp3) is 0.417. The van der Waals surface area contributed by atoms with E-state index in [0.29, 0.717) is 0 Å². The summed E-state index contributed by atoms with van der Waals surface area (Å²) in [5.41, 5.74) is -0.936. The van der Waals surface area contributed by atoms with Crippen LogP contribution in [0.5, 0.6) is 0 Å². The minimum absolute atomic E-state index is 0.0510. The van der Waals surface area contributed by atoms with Crippen molar-refractivity contribution in [1.29, 1.82) is 0 Å². The lowest BCUT2D eigenvalue weighted by Gasteiger charge is -2.21. The van der Waals surface area contributed by atoms with Gasteiger partial charge < -0.3 is 4.74 Å². The van der Waals surface area contributed by atoms with E-state index in [1.165, 1.54) is 7.11 Å². The normalized spacial score (nSPS) is 11.6. The van der Waals surface area contributed by atoms with Gasteiger partial charge in [0.2, 0.25) is 0 Å². The van der Waals surface area contributed by atoms with Crippen molar-refractivity contribution in [3.05, 3.63) is 35.4 Å². The summed E-state index contributed by atoms with van der Waals surface area (Å²) in [7, 11) is 1.40. The molecule has 4 heteroatoms. The van der Waals surface area contributed by atoms with Crippen LogP contribution in [-0.4, -0.2) is 18.5 Å². The Hall–Kier alpha value is -1.29. The number of ketones is 1. The lowest BCUT2D eigenvalue weighted by Crippen LogP contribution is -2.35. The number of carbonyl (C=O) groups is 1. The van der Waals surface area contributed by atoms with Crippen molar-refractivity contribution in [2.24, 2.45) is 0 Å². The van der Waals surface area contributed by atoms with Gasteiger partial charge in [-0.2, -0.15) is 0 Å². The van der Waals surface area contributed by atoms with Gasteiger partial charge in [0.1, 0.15) is 17.2 Å². The molecule has 0 saturated carbocycles. The van der Waals surface area contributed by atoms with E-state index in [9.17, 15) is 13.6 Å². The number of halogens is 2. The average molecular weight is 228 g/mol. The fourth-order valence-corrected chi connectivity index (χ4v) is 1.18. The molecule has 0 unspecified atom stereocenters. The Morgan fingerprint density at radius 3 is 2.56 bits per heavy atom. The highest BCUT2D eigenvalue weighted by Crippen LogP contribution is 2.16. The lowest BCUT2D eigenvalue weighted by molar-refractivity contribution is -0.136. The van der Waals surface area contributed by atoms with E-state index in [-0.39, 0.29) is 17.8 Å². The number of Topliss-reactive ketones (excluding diaryl/α,β-unsaturated/α-hetero) is 1. The zero-order valence-electron chi connectivity index (χ0n) is 9.51. The van der Waals surface area contributed by atoms with E-state index in [1.807, 2.05) is 0 Å². The third kappa shape index (κ3) is 2.85. The number of rotatable bonds is 4. The van der Waals surface area contributed by atoms with Crippen LogP contribution < -0.4 is 0 Å². The van der Waals surface area contributed by atoms with Gasteiger partial charge in [0, 0.05) is 13.5 Å². The highest BCUT2D eigenvalue weighted by Gasteiger charge is 2.27. The largest absolute Gasteiger partial charge is 0.371 e. The summed E-state index contributed by atoms with van der Waals surface area (Å²) in [5, 5.41) is 0. The van der Waals surface area contributed by atoms with E-state index in [1.54, 1.807) is 13.8 Å². The number of methoxy groups -OCH3 is 1. The Morgan fingerprint density at radius 1 is 1.38 bits per heavy atom. The summed E-state index contributed by atoms with van der Waals surface area (Å²) >= 11 is 0. The molecule has 1 aromatic rings. The number of benzene rings is 1. The van der Waals surface area contributed by atoms with E-state index >= 15 is 0 Å². The summed E-state index contributed by atoms with van der Waals surface area (Å²) in [4.78, 5) is 11.7. The van der Waals surface area contributed by atoms with Gasteiger partial charge in [0.25, 0.3) is 0 Å². The maximum Gasteiger partial charge on any atom is 0.168 e. The second kappa shape index (κ2) is 4.70. The predicted molar refractivity (Wildman–Crippen MR) is 56.2 cm³/mol. The van der Waals surface area contributed by atoms with Gasteiger partial charge in [-0.05, 0) is 37.6 Å². The fourth-order valence-electron chi connectivity index (χ4n) is 1.18. The van der Waals surface area contributed by atoms with E-state index in [0.717, 1.165) is 18.2 Å². The van der Waals surface area contributed by atoms with Crippen molar-refractivity contribution < 1.29 is 18.3 Å². The number of hydrogen-bond acceptors (Lipinski definition) is 2. The molecule has 1 aromatic carbocycles. The standard InChI is InChI=1S/C12H14F2O2/c1-12(2,16-3)11(15)7-8-6-9(13)4-5-10(8)14/h4-6H,7H2,1-3H3. The molecule has 0 aliphatic carbocycles. The van der Waals surface area contributed by atoms with E-state index in [4.69, 9.17) is 4.74 Å². The van der Waals surface area contributed by atoms with Crippen LogP contribution in [0.1, 0.15) is 19.4 Å². The topological polar surface area (TPSA) is 26.3 Å². The Labute approximate surface area is 93.2 Å². The Morgan fingerprint density at radius 2 is 2.00 bits per heavy atom. The summed E-state index contributed by atoms with van der Waals surface area (Å²) < 4.78 is 31.1. The lowest BCUT2D eigenvalue weighted by atomic mass is 9.96. The van der Waals surface area contributed by atoms with Crippen molar-refractivity contribution in [3.8, 4) is 0 Å². The number of ether oxygens (including phenoxy) is 1. The number of hydrogen-bond donors (Lipinski definition) is 0. The van der Waals surface area contributed by atoms with E-state index < -0.39 is 17.2 Å². The first kappa shape index (κ1) is 12.8. The maximum atomic E-state index is 13.3. The summed E-state index contributed by atoms with van der Waals surface area (Å²) in [6.45, 7) is 3.18. The van der Waals surface area contributed by atoms with Crippen molar-refractivity contribution in [3.63, 3.8) is 0 Å². The number of carbonyl (C=O) groups excluding carboxylic acids is 1. The van der Waals surface area contributed by atoms with Gasteiger partial charge in [-0.25, -0.2) is 8.78 Å². The zero-order valence-corrected chi connectivity index (χ0v) is 9.51. The van der Waals surface area contributed by atoms with Crippen molar-refractivity contribution >= 4 is 5.78 Å². The molecular weight excluding hydrogens is 214 g/mol. The van der Waals surface area contributed by atoms with Crippen LogP contribution in [0.2, 0.25) is 0 Å². The SMILES string of the molecule is COC(C)(C)C(=O)Cc1cc(F)ccc1F. The minimum atomic E-state index is -0.987. The second-order valence-electron chi connectivity index (χ2n) is 4.05. The first-order valence-corrected chi connectivity index (χ1v) is 4.89. The first-order valence-electron chi connectivity index (χ1n) is 4.89. The molecular formula is C12H14F2O2. The highest BCUT2D eigenvalue weighted by molar-refractivity contribution is 5.88. The highest BCUT2D eigenvalue weighted by atomic mass is 19.1. The third-order valence-electron chi connectivity index (χ3n) is 2.54. The van der Waals surface area contributed by atoms with Crippen LogP contribution in [0, 0.1) is 11.6 Å². The minimum Gasteiger partial charge on any atom is -0.371 e. The molecule has 16 heavy (non-hydrogen) atoms. The zero-order chi connectivity index (χ0) is 12.3. The van der Waals surface area contributed by atoms with Gasteiger partial charge in [0.05, 0.1) is 0 Å². The van der Waals surface area contributed by atoms with Gasteiger partial charge in [-0.3, -0.25) is 4.79 Å². The van der Waals surface area contributed by atoms with Crippen LogP contribution in [-0.2, 0) is 16.0 Å². The Kier molecular flexibility index (Phi) is 3.75. The molecule has 0 radical (unpaired) electrons. The van der Waals surface area contributed by atoms with Crippen LogP contribution in [0.25, 0.3) is 0 Å². The molecule has 0 aliphatic rings. The van der Waals surface area contributed by atoms with Crippen molar-refractivity contribution in [1.82, 2.24) is 0 Å². The smallest absolute Gasteiger partial charge is 0.168 e. The quantitative estimate of drug-likeness (QED) is 0.791. The average Bonchev–Trinajstić information content (AvgIpc) is 2.23. The van der Waals surface area contributed by atoms with Crippen molar-refractivity contribution in [2.45, 2.75) is 25.9 Å². The summed E-state index contributed by atoms with van der Waals surface area (Å²) in [6, 6.07) is 3.06. The Bertz CT molecular complexity index is 400. The molecule has 1 rings (SSSR count). The van der Waals surface area contributed by atoms with Crippen molar-refractivity contribution in [2.75, 3.05) is 7.11 Å². The van der Waals surface area contributed by atoms with Gasteiger partial charge in [-0.1, -0.05) is 0 Å². The third-order valence-corrected chi connectivity index (χ3v) is 2.54. The van der Waals surface area contributed by atoms with Gasteiger partial charge in [-0.15, -0.1) is 0 Å². The Balaban J connectivity index is 2.89. The maximum absolute atomic E-state index is 13.3. The molecule has 0 heterocycles. The molecule has 0 spiro atoms. The monoisotopic (exact) mass is 228 g/mol. The molecule has 88 valence electrons. The van der Waals surface area contributed by atoms with Gasteiger partial charge in [0.15, 0.2) is 5.78 Å². The molecule has 0 N–H and O–H groups in total. The van der Waals surface area contributed by atoms with Crippen LogP contribution in [0.4, 0.5) is 8.78 Å². The predicted octanol–water partition coefficient (Wildman–Crippen LogP) is 2.50. The van der Waals surface area contributed by atoms with Crippen LogP contribution in [0.3, 0.4) is 0 Å². The molecule has 0 saturated heterocycles. The summed E-state index contributed by atoms with van der Waals surface area (Å²) in [6.07, 6.45) is -0.176. The van der Waals surface area contributed by atoms with E-state index in [2.05, 4.69) is 0 Å². The molecule has 0 atom stereocenters. The second-order valence-corrected chi connectivity index (χ2v) is 4.05. The molecule has 0 aliphatic heterocycles. The molecule has 0 aromatic heterocycles. The van der Waals surface area contributed by atoms with Gasteiger partial charge >= 0.3 is 0 Å². The first-order chi connectivity index (χ1) is 7.36. The summed E-state index contributed by atoms with van der Waals surface area (Å²) in [5.74, 6) is -1.43. The molecule has 2 nitrogen and oxygen atoms in total. The molecule has 0 amide bonds. The van der Waals surface area contributed by atoms with Crippen LogP contribution >= 0.6 is 0 Å². The molecule has 0 fully saturated rings. The molecule has 0 bridgehead atoms.